The van der Waals surface area contributed by atoms with Crippen molar-refractivity contribution in [2.75, 3.05) is 0 Å². The molecule has 2 heteroatoms. The van der Waals surface area contributed by atoms with Crippen LogP contribution in [0, 0.1) is 16.7 Å². The summed E-state index contributed by atoms with van der Waals surface area (Å²) in [6.45, 7) is 6.92. The van der Waals surface area contributed by atoms with Gasteiger partial charge in [0.1, 0.15) is 5.75 Å². The highest BCUT2D eigenvalue weighted by atomic mass is 16.5. The molecule has 2 nitrogen and oxygen atoms in total. The van der Waals surface area contributed by atoms with Crippen molar-refractivity contribution < 1.29 is 9.53 Å². The highest BCUT2D eigenvalue weighted by molar-refractivity contribution is 5.80. The first kappa shape index (κ1) is 24.0. The molecule has 2 aromatic rings. The van der Waals surface area contributed by atoms with Gasteiger partial charge >= 0.3 is 5.97 Å². The fraction of sp³-hybridized carbons (Fsp3) is 0.581. The fourth-order valence-corrected chi connectivity index (χ4v) is 6.13. The van der Waals surface area contributed by atoms with E-state index in [9.17, 15) is 4.79 Å². The van der Waals surface area contributed by atoms with Crippen molar-refractivity contribution in [3.05, 3.63) is 54.1 Å². The lowest BCUT2D eigenvalue weighted by molar-refractivity contribution is -0.156. The molecular weight excluding hydrogens is 404 g/mol. The van der Waals surface area contributed by atoms with Crippen LogP contribution in [-0.2, 0) is 11.2 Å². The molecule has 3 fully saturated rings. The first-order valence-corrected chi connectivity index (χ1v) is 13.4. The Hall–Kier alpha value is -2.09. The van der Waals surface area contributed by atoms with Crippen molar-refractivity contribution in [2.24, 2.45) is 16.7 Å². The highest BCUT2D eigenvalue weighted by Crippen LogP contribution is 2.59. The van der Waals surface area contributed by atoms with E-state index in [0.29, 0.717) is 11.2 Å². The molecule has 0 spiro atoms. The number of unbranched alkanes of at least 4 members (excludes halogenated alkanes) is 2. The van der Waals surface area contributed by atoms with E-state index >= 15 is 0 Å². The predicted octanol–water partition coefficient (Wildman–Crippen LogP) is 8.77. The molecule has 1 atom stereocenters. The van der Waals surface area contributed by atoms with Crippen molar-refractivity contribution >= 4 is 5.97 Å². The Morgan fingerprint density at radius 1 is 0.848 bits per heavy atom. The molecule has 0 amide bonds. The molecule has 2 bridgehead atoms. The van der Waals surface area contributed by atoms with Crippen LogP contribution in [-0.4, -0.2) is 5.97 Å². The van der Waals surface area contributed by atoms with Gasteiger partial charge in [-0.05, 0) is 97.9 Å². The summed E-state index contributed by atoms with van der Waals surface area (Å²) in [5.41, 5.74) is 4.03. The van der Waals surface area contributed by atoms with Crippen LogP contribution in [0.3, 0.4) is 0 Å². The molecule has 3 aliphatic rings. The number of ether oxygens (including phenoxy) is 1. The largest absolute Gasteiger partial charge is 0.426 e. The summed E-state index contributed by atoms with van der Waals surface area (Å²) < 4.78 is 5.93. The molecule has 5 rings (SSSR count). The van der Waals surface area contributed by atoms with Crippen LogP contribution in [0.5, 0.6) is 5.75 Å². The van der Waals surface area contributed by atoms with Gasteiger partial charge in [-0.2, -0.15) is 0 Å². The zero-order chi connectivity index (χ0) is 23.3. The lowest BCUT2D eigenvalue weighted by Gasteiger charge is -2.52. The van der Waals surface area contributed by atoms with Crippen molar-refractivity contribution in [3.8, 4) is 16.9 Å². The van der Waals surface area contributed by atoms with Crippen LogP contribution < -0.4 is 4.74 Å². The van der Waals surface area contributed by atoms with E-state index in [2.05, 4.69) is 57.2 Å². The maximum absolute atomic E-state index is 13.2. The summed E-state index contributed by atoms with van der Waals surface area (Å²) in [7, 11) is 0. The molecule has 3 aliphatic carbocycles. The topological polar surface area (TPSA) is 26.3 Å². The molecule has 0 heterocycles. The summed E-state index contributed by atoms with van der Waals surface area (Å²) >= 11 is 0. The molecule has 0 unspecified atom stereocenters. The van der Waals surface area contributed by atoms with E-state index in [1.54, 1.807) is 0 Å². The minimum atomic E-state index is -0.247. The fourth-order valence-electron chi connectivity index (χ4n) is 6.13. The van der Waals surface area contributed by atoms with Crippen molar-refractivity contribution in [3.63, 3.8) is 0 Å². The van der Waals surface area contributed by atoms with E-state index in [-0.39, 0.29) is 11.4 Å². The van der Waals surface area contributed by atoms with Crippen molar-refractivity contribution in [1.82, 2.24) is 0 Å². The van der Waals surface area contributed by atoms with Gasteiger partial charge in [0.05, 0.1) is 5.41 Å². The lowest BCUT2D eigenvalue weighted by Crippen LogP contribution is -2.47. The Kier molecular flexibility index (Phi) is 7.62. The minimum absolute atomic E-state index is 0.00326. The number of rotatable bonds is 10. The van der Waals surface area contributed by atoms with Gasteiger partial charge in [-0.1, -0.05) is 76.4 Å². The SMILES string of the molecule is CCCCCc1ccc(-c2ccc(OC(=O)C34CCC(C[C@@H](C)CC)(CC3)CC4)cc2)cc1. The summed E-state index contributed by atoms with van der Waals surface area (Å²) in [5, 5.41) is 0. The van der Waals surface area contributed by atoms with Gasteiger partial charge in [0.15, 0.2) is 0 Å². The highest BCUT2D eigenvalue weighted by Gasteiger charge is 2.53. The Balaban J connectivity index is 1.34. The average Bonchev–Trinajstić information content (AvgIpc) is 2.86. The predicted molar refractivity (Wildman–Crippen MR) is 137 cm³/mol. The number of hydrogen-bond donors (Lipinski definition) is 0. The van der Waals surface area contributed by atoms with Crippen LogP contribution in [0.15, 0.2) is 48.5 Å². The number of aryl methyl sites for hydroxylation is 1. The zero-order valence-electron chi connectivity index (χ0n) is 21.0. The van der Waals surface area contributed by atoms with Gasteiger partial charge in [-0.25, -0.2) is 0 Å². The molecule has 178 valence electrons. The molecule has 2 aromatic carbocycles. The molecule has 0 N–H and O–H groups in total. The van der Waals surface area contributed by atoms with Crippen LogP contribution in [0.2, 0.25) is 0 Å². The summed E-state index contributed by atoms with van der Waals surface area (Å²) in [6, 6.07) is 17.0. The third-order valence-corrected chi connectivity index (χ3v) is 8.73. The summed E-state index contributed by atoms with van der Waals surface area (Å²) in [6.07, 6.45) is 14.2. The van der Waals surface area contributed by atoms with Crippen molar-refractivity contribution in [2.45, 2.75) is 97.8 Å². The Labute approximate surface area is 201 Å². The summed E-state index contributed by atoms with van der Waals surface area (Å²) in [5.74, 6) is 1.47. The maximum atomic E-state index is 13.2. The number of carbonyl (C=O) groups is 1. The molecular formula is C31H42O2. The molecule has 0 saturated heterocycles. The van der Waals surface area contributed by atoms with Crippen LogP contribution in [0.1, 0.15) is 97.0 Å². The third-order valence-electron chi connectivity index (χ3n) is 8.73. The average molecular weight is 447 g/mol. The molecule has 0 aliphatic heterocycles. The first-order chi connectivity index (χ1) is 16.0. The Bertz CT molecular complexity index is 884. The minimum Gasteiger partial charge on any atom is -0.426 e. The molecule has 33 heavy (non-hydrogen) atoms. The van der Waals surface area contributed by atoms with Gasteiger partial charge in [0, 0.05) is 0 Å². The van der Waals surface area contributed by atoms with Gasteiger partial charge in [0.2, 0.25) is 0 Å². The van der Waals surface area contributed by atoms with Gasteiger partial charge < -0.3 is 4.74 Å². The second-order valence-electron chi connectivity index (χ2n) is 11.1. The smallest absolute Gasteiger partial charge is 0.317 e. The standard InChI is InChI=1S/C31H42O2/c1-4-6-7-8-25-9-11-26(12-10-25)27-13-15-28(16-14-27)33-29(32)31-20-17-30(18-21-31,19-22-31)23-24(3)5-2/h9-16,24H,4-8,17-23H2,1-3H3/t24-,30?,31?/m0/s1. The second kappa shape index (κ2) is 10.5. The molecule has 3 saturated carbocycles. The number of benzene rings is 2. The number of esters is 1. The third kappa shape index (κ3) is 5.53. The van der Waals surface area contributed by atoms with Gasteiger partial charge in [0.25, 0.3) is 0 Å². The number of fused-ring (bicyclic) bond motifs is 3. The quantitative estimate of drug-likeness (QED) is 0.207. The normalized spacial score (nSPS) is 25.1. The van der Waals surface area contributed by atoms with E-state index in [0.717, 1.165) is 31.6 Å². The Morgan fingerprint density at radius 2 is 1.42 bits per heavy atom. The van der Waals surface area contributed by atoms with Crippen LogP contribution >= 0.6 is 0 Å². The van der Waals surface area contributed by atoms with E-state index < -0.39 is 0 Å². The van der Waals surface area contributed by atoms with E-state index in [4.69, 9.17) is 4.74 Å². The van der Waals surface area contributed by atoms with E-state index in [1.165, 1.54) is 68.1 Å². The summed E-state index contributed by atoms with van der Waals surface area (Å²) in [4.78, 5) is 13.2. The van der Waals surface area contributed by atoms with Crippen molar-refractivity contribution in [1.29, 1.82) is 0 Å². The first-order valence-electron chi connectivity index (χ1n) is 13.4. The van der Waals surface area contributed by atoms with Crippen LogP contribution in [0.4, 0.5) is 0 Å². The Morgan fingerprint density at radius 3 is 1.97 bits per heavy atom. The molecule has 0 radical (unpaired) electrons. The maximum Gasteiger partial charge on any atom is 0.317 e. The van der Waals surface area contributed by atoms with Crippen LogP contribution in [0.25, 0.3) is 11.1 Å². The molecule has 0 aromatic heterocycles. The van der Waals surface area contributed by atoms with Gasteiger partial charge in [-0.3, -0.25) is 4.79 Å². The zero-order valence-corrected chi connectivity index (χ0v) is 21.0. The number of hydrogen-bond acceptors (Lipinski definition) is 2. The number of carbonyl (C=O) groups excluding carboxylic acids is 1. The lowest BCUT2D eigenvalue weighted by atomic mass is 9.52. The van der Waals surface area contributed by atoms with E-state index in [1.807, 2.05) is 12.1 Å². The monoisotopic (exact) mass is 446 g/mol. The van der Waals surface area contributed by atoms with Gasteiger partial charge in [-0.15, -0.1) is 0 Å². The second-order valence-corrected chi connectivity index (χ2v) is 11.1.